The van der Waals surface area contributed by atoms with E-state index in [0.717, 1.165) is 21.4 Å². The van der Waals surface area contributed by atoms with Crippen LogP contribution in [0.2, 0.25) is 5.02 Å². The summed E-state index contributed by atoms with van der Waals surface area (Å²) in [4.78, 5) is 4.42. The van der Waals surface area contributed by atoms with Gasteiger partial charge < -0.3 is 4.57 Å². The van der Waals surface area contributed by atoms with Crippen LogP contribution in [0.3, 0.4) is 0 Å². The van der Waals surface area contributed by atoms with Crippen LogP contribution in [0.4, 0.5) is 4.39 Å². The Balaban J connectivity index is 1.79. The van der Waals surface area contributed by atoms with Crippen molar-refractivity contribution < 1.29 is 4.39 Å². The fourth-order valence-corrected chi connectivity index (χ4v) is 2.81. The molecule has 112 valence electrons. The molecule has 0 fully saturated rings. The van der Waals surface area contributed by atoms with Crippen molar-refractivity contribution in [1.29, 1.82) is 0 Å². The van der Waals surface area contributed by atoms with Crippen LogP contribution in [0.1, 0.15) is 17.0 Å². The molecule has 0 radical (unpaired) electrons. The highest BCUT2D eigenvalue weighted by Crippen LogP contribution is 2.24. The van der Waals surface area contributed by atoms with E-state index in [1.807, 2.05) is 24.4 Å². The average Bonchev–Trinajstić information content (AvgIpc) is 2.92. The zero-order valence-corrected chi connectivity index (χ0v) is 14.0. The van der Waals surface area contributed by atoms with E-state index in [4.69, 9.17) is 11.6 Å². The summed E-state index contributed by atoms with van der Waals surface area (Å²) >= 11 is 9.45. The second-order valence-electron chi connectivity index (χ2n) is 5.02. The number of nitrogens with zero attached hydrogens (tertiary/aromatic N) is 2. The number of benzene rings is 2. The van der Waals surface area contributed by atoms with Crippen LogP contribution in [0, 0.1) is 5.82 Å². The largest absolute Gasteiger partial charge is 0.330 e. The first-order chi connectivity index (χ1) is 10.6. The Morgan fingerprint density at radius 1 is 1.09 bits per heavy atom. The molecule has 1 aromatic heterocycles. The van der Waals surface area contributed by atoms with Crippen molar-refractivity contribution >= 4 is 27.5 Å². The topological polar surface area (TPSA) is 17.8 Å². The lowest BCUT2D eigenvalue weighted by molar-refractivity contribution is 0.626. The fraction of sp³-hybridized carbons (Fsp3) is 0.118. The Kier molecular flexibility index (Phi) is 4.60. The van der Waals surface area contributed by atoms with Crippen molar-refractivity contribution in [1.82, 2.24) is 9.55 Å². The van der Waals surface area contributed by atoms with E-state index in [1.54, 1.807) is 18.3 Å². The lowest BCUT2D eigenvalue weighted by Gasteiger charge is -2.09. The molecule has 0 amide bonds. The molecular weight excluding hydrogens is 367 g/mol. The molecule has 3 rings (SSSR count). The molecular formula is C17H13BrClFN2. The number of hydrogen-bond acceptors (Lipinski definition) is 1. The van der Waals surface area contributed by atoms with E-state index in [9.17, 15) is 4.39 Å². The molecule has 0 aliphatic rings. The van der Waals surface area contributed by atoms with Crippen molar-refractivity contribution in [2.75, 3.05) is 0 Å². The maximum Gasteiger partial charge on any atom is 0.123 e. The Hall–Kier alpha value is -1.65. The van der Waals surface area contributed by atoms with Gasteiger partial charge in [0.25, 0.3) is 0 Å². The van der Waals surface area contributed by atoms with Gasteiger partial charge in [0.05, 0.1) is 5.02 Å². The molecule has 0 saturated heterocycles. The van der Waals surface area contributed by atoms with Crippen LogP contribution in [0.25, 0.3) is 0 Å². The second-order valence-corrected chi connectivity index (χ2v) is 6.28. The van der Waals surface area contributed by atoms with Crippen molar-refractivity contribution in [3.05, 3.63) is 87.1 Å². The van der Waals surface area contributed by atoms with Gasteiger partial charge in [0, 0.05) is 29.8 Å². The zero-order valence-electron chi connectivity index (χ0n) is 11.6. The molecule has 0 aliphatic heterocycles. The molecule has 2 nitrogen and oxygen atoms in total. The van der Waals surface area contributed by atoms with Gasteiger partial charge in [0.1, 0.15) is 11.6 Å². The van der Waals surface area contributed by atoms with Gasteiger partial charge in [-0.25, -0.2) is 9.37 Å². The number of hydrogen-bond donors (Lipinski definition) is 0. The van der Waals surface area contributed by atoms with Crippen LogP contribution >= 0.6 is 27.5 Å². The number of rotatable bonds is 4. The highest BCUT2D eigenvalue weighted by Gasteiger charge is 2.07. The van der Waals surface area contributed by atoms with E-state index in [2.05, 4.69) is 25.5 Å². The van der Waals surface area contributed by atoms with Crippen molar-refractivity contribution in [2.45, 2.75) is 13.0 Å². The van der Waals surface area contributed by atoms with Crippen LogP contribution < -0.4 is 0 Å². The summed E-state index contributed by atoms with van der Waals surface area (Å²) < 4.78 is 15.9. The molecule has 5 heteroatoms. The maximum atomic E-state index is 13.0. The van der Waals surface area contributed by atoms with Gasteiger partial charge in [-0.1, -0.05) is 29.8 Å². The SMILES string of the molecule is Fc1ccc(Cn2ccnc2Cc2ccc(Cl)c(Br)c2)cc1. The summed E-state index contributed by atoms with van der Waals surface area (Å²) in [5, 5.41) is 0.693. The summed E-state index contributed by atoms with van der Waals surface area (Å²) in [6.07, 6.45) is 4.43. The van der Waals surface area contributed by atoms with E-state index in [-0.39, 0.29) is 5.82 Å². The molecule has 2 aromatic carbocycles. The monoisotopic (exact) mass is 378 g/mol. The molecule has 0 atom stereocenters. The van der Waals surface area contributed by atoms with Gasteiger partial charge in [-0.3, -0.25) is 0 Å². The maximum absolute atomic E-state index is 13.0. The molecule has 1 heterocycles. The van der Waals surface area contributed by atoms with Gasteiger partial charge in [-0.05, 0) is 51.3 Å². The van der Waals surface area contributed by atoms with Crippen LogP contribution in [-0.4, -0.2) is 9.55 Å². The predicted molar refractivity (Wildman–Crippen MR) is 89.7 cm³/mol. The smallest absolute Gasteiger partial charge is 0.123 e. The first-order valence-electron chi connectivity index (χ1n) is 6.80. The second kappa shape index (κ2) is 6.63. The van der Waals surface area contributed by atoms with E-state index < -0.39 is 0 Å². The van der Waals surface area contributed by atoms with Crippen molar-refractivity contribution in [2.24, 2.45) is 0 Å². The van der Waals surface area contributed by atoms with Crippen LogP contribution in [-0.2, 0) is 13.0 Å². The third-order valence-electron chi connectivity index (χ3n) is 3.41. The summed E-state index contributed by atoms with van der Waals surface area (Å²) in [5.41, 5.74) is 2.17. The minimum atomic E-state index is -0.222. The fourth-order valence-electron chi connectivity index (χ4n) is 2.27. The molecule has 0 N–H and O–H groups in total. The molecule has 0 bridgehead atoms. The zero-order chi connectivity index (χ0) is 15.5. The Morgan fingerprint density at radius 3 is 2.55 bits per heavy atom. The van der Waals surface area contributed by atoms with Crippen LogP contribution in [0.5, 0.6) is 0 Å². The van der Waals surface area contributed by atoms with E-state index in [1.165, 1.54) is 12.1 Å². The van der Waals surface area contributed by atoms with E-state index in [0.29, 0.717) is 18.0 Å². The molecule has 0 unspecified atom stereocenters. The third-order valence-corrected chi connectivity index (χ3v) is 4.63. The van der Waals surface area contributed by atoms with Crippen molar-refractivity contribution in [3.63, 3.8) is 0 Å². The number of halogens is 3. The number of aromatic nitrogens is 2. The number of imidazole rings is 1. The van der Waals surface area contributed by atoms with Gasteiger partial charge in [0.15, 0.2) is 0 Å². The Bertz CT molecular complexity index is 784. The molecule has 0 saturated carbocycles. The molecule has 22 heavy (non-hydrogen) atoms. The predicted octanol–water partition coefficient (Wildman–Crippen LogP) is 5.08. The Morgan fingerprint density at radius 2 is 1.82 bits per heavy atom. The van der Waals surface area contributed by atoms with Crippen LogP contribution in [0.15, 0.2) is 59.3 Å². The lowest BCUT2D eigenvalue weighted by Crippen LogP contribution is -2.05. The van der Waals surface area contributed by atoms with Crippen molar-refractivity contribution in [3.8, 4) is 0 Å². The first kappa shape index (κ1) is 15.3. The minimum absolute atomic E-state index is 0.222. The average molecular weight is 380 g/mol. The highest BCUT2D eigenvalue weighted by atomic mass is 79.9. The Labute approximate surface area is 141 Å². The first-order valence-corrected chi connectivity index (χ1v) is 7.97. The quantitative estimate of drug-likeness (QED) is 0.618. The van der Waals surface area contributed by atoms with Gasteiger partial charge in [0.2, 0.25) is 0 Å². The standard InChI is InChI=1S/C17H13BrClFN2/c18-15-9-13(3-6-16(15)19)10-17-21-7-8-22(17)11-12-1-4-14(20)5-2-12/h1-9H,10-11H2. The normalized spacial score (nSPS) is 10.9. The third kappa shape index (κ3) is 3.57. The summed E-state index contributed by atoms with van der Waals surface area (Å²) in [5.74, 6) is 0.735. The molecule has 0 aliphatic carbocycles. The van der Waals surface area contributed by atoms with Gasteiger partial charge in [-0.2, -0.15) is 0 Å². The summed E-state index contributed by atoms with van der Waals surface area (Å²) in [6, 6.07) is 12.4. The highest BCUT2D eigenvalue weighted by molar-refractivity contribution is 9.10. The lowest BCUT2D eigenvalue weighted by atomic mass is 10.1. The van der Waals surface area contributed by atoms with Gasteiger partial charge >= 0.3 is 0 Å². The molecule has 3 aromatic rings. The summed E-state index contributed by atoms with van der Waals surface area (Å²) in [6.45, 7) is 0.671. The van der Waals surface area contributed by atoms with E-state index >= 15 is 0 Å². The minimum Gasteiger partial charge on any atom is -0.330 e. The summed E-state index contributed by atoms with van der Waals surface area (Å²) in [7, 11) is 0. The molecule has 0 spiro atoms. The van der Waals surface area contributed by atoms with Gasteiger partial charge in [-0.15, -0.1) is 0 Å².